The summed E-state index contributed by atoms with van der Waals surface area (Å²) in [5, 5.41) is 0. The minimum atomic E-state index is -3.74. The fourth-order valence-electron chi connectivity index (χ4n) is 1.42. The van der Waals surface area contributed by atoms with E-state index in [9.17, 15) is 12.8 Å². The SMILES string of the molecule is O=S(=O)(Nc1ccc(I)cc1)c1ccc(F)cc1Br. The van der Waals surface area contributed by atoms with Crippen LogP contribution in [0.15, 0.2) is 51.8 Å². The quantitative estimate of drug-likeness (QED) is 0.711. The molecule has 7 heteroatoms. The number of anilines is 1. The zero-order chi connectivity index (χ0) is 14.0. The van der Waals surface area contributed by atoms with Gasteiger partial charge in [-0.3, -0.25) is 4.72 Å². The Morgan fingerprint density at radius 3 is 2.32 bits per heavy atom. The number of nitrogens with one attached hydrogen (secondary N) is 1. The van der Waals surface area contributed by atoms with Gasteiger partial charge in [0.25, 0.3) is 10.0 Å². The van der Waals surface area contributed by atoms with Crippen molar-refractivity contribution in [3.8, 4) is 0 Å². The zero-order valence-electron chi connectivity index (χ0n) is 9.40. The van der Waals surface area contributed by atoms with Crippen LogP contribution < -0.4 is 4.72 Å². The second-order valence-corrected chi connectivity index (χ2v) is 7.44. The van der Waals surface area contributed by atoms with Crippen LogP contribution in [-0.4, -0.2) is 8.42 Å². The van der Waals surface area contributed by atoms with Crippen LogP contribution in [0.1, 0.15) is 0 Å². The lowest BCUT2D eigenvalue weighted by molar-refractivity contribution is 0.599. The van der Waals surface area contributed by atoms with Gasteiger partial charge in [0, 0.05) is 13.7 Å². The van der Waals surface area contributed by atoms with E-state index in [4.69, 9.17) is 0 Å². The second kappa shape index (κ2) is 5.76. The van der Waals surface area contributed by atoms with Crippen molar-refractivity contribution in [2.45, 2.75) is 4.90 Å². The monoisotopic (exact) mass is 455 g/mol. The first-order valence-corrected chi connectivity index (χ1v) is 8.47. The van der Waals surface area contributed by atoms with E-state index in [-0.39, 0.29) is 9.37 Å². The fraction of sp³-hybridized carbons (Fsp3) is 0. The van der Waals surface area contributed by atoms with Gasteiger partial charge in [0.15, 0.2) is 0 Å². The van der Waals surface area contributed by atoms with Gasteiger partial charge >= 0.3 is 0 Å². The summed E-state index contributed by atoms with van der Waals surface area (Å²) in [5.41, 5.74) is 0.455. The van der Waals surface area contributed by atoms with Crippen LogP contribution in [0.4, 0.5) is 10.1 Å². The molecule has 0 bridgehead atoms. The van der Waals surface area contributed by atoms with Crippen LogP contribution in [0, 0.1) is 9.39 Å². The van der Waals surface area contributed by atoms with Gasteiger partial charge in [-0.25, -0.2) is 12.8 Å². The summed E-state index contributed by atoms with van der Waals surface area (Å²) in [6.45, 7) is 0. The van der Waals surface area contributed by atoms with E-state index >= 15 is 0 Å². The first kappa shape index (κ1) is 14.7. The molecule has 3 nitrogen and oxygen atoms in total. The second-order valence-electron chi connectivity index (χ2n) is 3.69. The average molecular weight is 456 g/mol. The van der Waals surface area contributed by atoms with E-state index in [1.165, 1.54) is 6.07 Å². The van der Waals surface area contributed by atoms with Crippen molar-refractivity contribution < 1.29 is 12.8 Å². The van der Waals surface area contributed by atoms with E-state index in [0.29, 0.717) is 5.69 Å². The summed E-state index contributed by atoms with van der Waals surface area (Å²) in [6, 6.07) is 10.3. The summed E-state index contributed by atoms with van der Waals surface area (Å²) in [4.78, 5) is -0.00699. The van der Waals surface area contributed by atoms with Gasteiger partial charge in [-0.2, -0.15) is 0 Å². The summed E-state index contributed by atoms with van der Waals surface area (Å²) >= 11 is 5.18. The summed E-state index contributed by atoms with van der Waals surface area (Å²) in [5.74, 6) is -0.500. The molecule has 2 rings (SSSR count). The standard InChI is InChI=1S/C12H8BrFINO2S/c13-11-7-8(14)1-6-12(11)19(17,18)16-10-4-2-9(15)3-5-10/h1-7,16H. The summed E-state index contributed by atoms with van der Waals surface area (Å²) in [7, 11) is -3.74. The van der Waals surface area contributed by atoms with Crippen molar-refractivity contribution in [1.82, 2.24) is 0 Å². The molecule has 0 aromatic heterocycles. The smallest absolute Gasteiger partial charge is 0.263 e. The van der Waals surface area contributed by atoms with Crippen molar-refractivity contribution >= 4 is 54.2 Å². The molecular formula is C12H8BrFINO2S. The molecule has 0 radical (unpaired) electrons. The third-order valence-electron chi connectivity index (χ3n) is 2.28. The highest BCUT2D eigenvalue weighted by Crippen LogP contribution is 2.25. The van der Waals surface area contributed by atoms with E-state index in [1.54, 1.807) is 24.3 Å². The highest BCUT2D eigenvalue weighted by molar-refractivity contribution is 14.1. The number of rotatable bonds is 3. The van der Waals surface area contributed by atoms with Gasteiger partial charge < -0.3 is 0 Å². The minimum Gasteiger partial charge on any atom is -0.280 e. The molecule has 0 atom stereocenters. The van der Waals surface area contributed by atoms with Crippen LogP contribution >= 0.6 is 38.5 Å². The number of sulfonamides is 1. The van der Waals surface area contributed by atoms with Gasteiger partial charge in [-0.05, 0) is 81.0 Å². The Morgan fingerprint density at radius 2 is 1.74 bits per heavy atom. The minimum absolute atomic E-state index is 0.00699. The van der Waals surface area contributed by atoms with Crippen molar-refractivity contribution in [2.24, 2.45) is 0 Å². The van der Waals surface area contributed by atoms with Crippen LogP contribution in [0.5, 0.6) is 0 Å². The Labute approximate surface area is 132 Å². The first-order chi connectivity index (χ1) is 8.88. The molecule has 0 aliphatic heterocycles. The van der Waals surface area contributed by atoms with Crippen LogP contribution in [0.3, 0.4) is 0 Å². The largest absolute Gasteiger partial charge is 0.280 e. The number of hydrogen-bond donors (Lipinski definition) is 1. The van der Waals surface area contributed by atoms with E-state index in [0.717, 1.165) is 15.7 Å². The van der Waals surface area contributed by atoms with Gasteiger partial charge in [0.2, 0.25) is 0 Å². The molecule has 2 aromatic carbocycles. The molecule has 0 unspecified atom stereocenters. The maximum absolute atomic E-state index is 13.0. The van der Waals surface area contributed by atoms with Crippen LogP contribution in [0.2, 0.25) is 0 Å². The molecule has 0 fully saturated rings. The van der Waals surface area contributed by atoms with Crippen molar-refractivity contribution in [3.05, 3.63) is 56.3 Å². The predicted octanol–water partition coefficient (Wildman–Crippen LogP) is 3.99. The molecule has 0 saturated carbocycles. The lowest BCUT2D eigenvalue weighted by Crippen LogP contribution is -2.13. The summed E-state index contributed by atoms with van der Waals surface area (Å²) < 4.78 is 40.9. The Kier molecular flexibility index (Phi) is 4.46. The Bertz CT molecular complexity index is 704. The molecule has 0 aliphatic rings. The van der Waals surface area contributed by atoms with E-state index in [2.05, 4.69) is 43.2 Å². The van der Waals surface area contributed by atoms with Gasteiger partial charge in [-0.15, -0.1) is 0 Å². The first-order valence-electron chi connectivity index (χ1n) is 5.12. The molecule has 19 heavy (non-hydrogen) atoms. The number of halogens is 3. The topological polar surface area (TPSA) is 46.2 Å². The van der Waals surface area contributed by atoms with Crippen LogP contribution in [0.25, 0.3) is 0 Å². The van der Waals surface area contributed by atoms with E-state index < -0.39 is 15.8 Å². The van der Waals surface area contributed by atoms with Crippen LogP contribution in [-0.2, 0) is 10.0 Å². The number of benzene rings is 2. The highest BCUT2D eigenvalue weighted by atomic mass is 127. The van der Waals surface area contributed by atoms with Crippen molar-refractivity contribution in [3.63, 3.8) is 0 Å². The Hall–Kier alpha value is -0.670. The molecule has 0 heterocycles. The molecule has 0 spiro atoms. The lowest BCUT2D eigenvalue weighted by atomic mass is 10.3. The van der Waals surface area contributed by atoms with E-state index in [1.807, 2.05) is 0 Å². The molecule has 0 aliphatic carbocycles. The van der Waals surface area contributed by atoms with Gasteiger partial charge in [0.1, 0.15) is 10.7 Å². The molecule has 0 saturated heterocycles. The number of hydrogen-bond acceptors (Lipinski definition) is 2. The normalized spacial score (nSPS) is 11.3. The average Bonchev–Trinajstić information content (AvgIpc) is 2.31. The Morgan fingerprint density at radius 1 is 1.11 bits per heavy atom. The molecule has 100 valence electrons. The summed E-state index contributed by atoms with van der Waals surface area (Å²) in [6.07, 6.45) is 0. The maximum Gasteiger partial charge on any atom is 0.263 e. The lowest BCUT2D eigenvalue weighted by Gasteiger charge is -2.09. The predicted molar refractivity (Wildman–Crippen MR) is 84.1 cm³/mol. The van der Waals surface area contributed by atoms with Gasteiger partial charge in [0.05, 0.1) is 0 Å². The third-order valence-corrected chi connectivity index (χ3v) is 5.36. The van der Waals surface area contributed by atoms with Crippen molar-refractivity contribution in [2.75, 3.05) is 4.72 Å². The Balaban J connectivity index is 2.35. The fourth-order valence-corrected chi connectivity index (χ4v) is 3.89. The molecule has 0 amide bonds. The highest BCUT2D eigenvalue weighted by Gasteiger charge is 2.18. The van der Waals surface area contributed by atoms with Crippen molar-refractivity contribution in [1.29, 1.82) is 0 Å². The molecular weight excluding hydrogens is 448 g/mol. The molecule has 2 aromatic rings. The molecule has 1 N–H and O–H groups in total. The third kappa shape index (κ3) is 3.67. The van der Waals surface area contributed by atoms with Gasteiger partial charge in [-0.1, -0.05) is 0 Å². The maximum atomic E-state index is 13.0. The zero-order valence-corrected chi connectivity index (χ0v) is 14.0.